The Bertz CT molecular complexity index is 955. The Hall–Kier alpha value is -3.07. The third-order valence-electron chi connectivity index (χ3n) is 4.78. The average Bonchev–Trinajstić information content (AvgIpc) is 3.35. The summed E-state index contributed by atoms with van der Waals surface area (Å²) in [7, 11) is 2.81. The number of likely N-dealkylation sites (N-methyl/N-ethyl adjacent to an activating group) is 1. The summed E-state index contributed by atoms with van der Waals surface area (Å²) in [5.41, 5.74) is 1.07. The van der Waals surface area contributed by atoms with Crippen molar-refractivity contribution in [1.82, 2.24) is 10.2 Å². The van der Waals surface area contributed by atoms with E-state index in [1.807, 2.05) is 0 Å². The Labute approximate surface area is 191 Å². The molecule has 0 saturated carbocycles. The van der Waals surface area contributed by atoms with E-state index >= 15 is 0 Å². The first-order valence-electron chi connectivity index (χ1n) is 10.4. The molecule has 5 nitrogen and oxygen atoms in total. The van der Waals surface area contributed by atoms with Gasteiger partial charge in [-0.15, -0.1) is 0 Å². The number of halogens is 4. The third kappa shape index (κ3) is 8.42. The number of nitrogens with one attached hydrogen (secondary N) is 1. The minimum Gasteiger partial charge on any atom is -0.493 e. The zero-order valence-corrected chi connectivity index (χ0v) is 18.8. The van der Waals surface area contributed by atoms with Crippen molar-refractivity contribution in [3.8, 4) is 11.5 Å². The summed E-state index contributed by atoms with van der Waals surface area (Å²) >= 11 is 0. The van der Waals surface area contributed by atoms with Crippen LogP contribution in [-0.2, 0) is 0 Å². The summed E-state index contributed by atoms with van der Waals surface area (Å²) in [5, 5.41) is 3.22. The molecule has 3 rings (SSSR count). The fourth-order valence-corrected chi connectivity index (χ4v) is 3.21. The number of benzene rings is 2. The SMILES string of the molecule is C1CCNC1.COc1cc(C(=O)N(C)C/C(C)=C/c2ccc(F)cc2F)ccc1OC(F)F. The van der Waals surface area contributed by atoms with Gasteiger partial charge in [0.1, 0.15) is 11.6 Å². The number of methoxy groups -OCH3 is 1. The van der Waals surface area contributed by atoms with Crippen molar-refractivity contribution in [2.45, 2.75) is 26.4 Å². The lowest BCUT2D eigenvalue weighted by molar-refractivity contribution is -0.0512. The number of nitrogens with zero attached hydrogens (tertiary/aromatic N) is 1. The van der Waals surface area contributed by atoms with Gasteiger partial charge in [0.15, 0.2) is 11.5 Å². The van der Waals surface area contributed by atoms with Gasteiger partial charge in [-0.3, -0.25) is 4.79 Å². The van der Waals surface area contributed by atoms with Crippen LogP contribution >= 0.6 is 0 Å². The van der Waals surface area contributed by atoms with Crippen LogP contribution in [0.1, 0.15) is 35.7 Å². The molecule has 0 aromatic heterocycles. The molecule has 1 heterocycles. The van der Waals surface area contributed by atoms with Crippen LogP contribution in [0.4, 0.5) is 17.6 Å². The van der Waals surface area contributed by atoms with Crippen molar-refractivity contribution in [2.24, 2.45) is 0 Å². The molecular formula is C24H28F4N2O3. The highest BCUT2D eigenvalue weighted by molar-refractivity contribution is 5.95. The number of hydrogen-bond donors (Lipinski definition) is 1. The molecule has 2 aromatic carbocycles. The van der Waals surface area contributed by atoms with E-state index in [9.17, 15) is 22.4 Å². The monoisotopic (exact) mass is 468 g/mol. The summed E-state index contributed by atoms with van der Waals surface area (Å²) in [6.45, 7) is 1.36. The van der Waals surface area contributed by atoms with Crippen LogP contribution in [0, 0.1) is 11.6 Å². The van der Waals surface area contributed by atoms with E-state index in [0.29, 0.717) is 5.57 Å². The molecule has 0 bridgehead atoms. The van der Waals surface area contributed by atoms with Crippen molar-refractivity contribution in [3.63, 3.8) is 0 Å². The topological polar surface area (TPSA) is 50.8 Å². The summed E-state index contributed by atoms with van der Waals surface area (Å²) in [6.07, 6.45) is 4.29. The van der Waals surface area contributed by atoms with Gasteiger partial charge in [-0.1, -0.05) is 11.6 Å². The minimum atomic E-state index is -3.02. The molecule has 2 aromatic rings. The summed E-state index contributed by atoms with van der Waals surface area (Å²) in [5.74, 6) is -1.95. The number of alkyl halides is 2. The Balaban J connectivity index is 0.000000678. The van der Waals surface area contributed by atoms with E-state index in [2.05, 4.69) is 10.1 Å². The maximum atomic E-state index is 13.7. The van der Waals surface area contributed by atoms with Gasteiger partial charge in [0, 0.05) is 30.8 Å². The predicted molar refractivity (Wildman–Crippen MR) is 119 cm³/mol. The number of carbonyl (C=O) groups excluding carboxylic acids is 1. The second-order valence-corrected chi connectivity index (χ2v) is 7.52. The molecule has 0 aliphatic carbocycles. The molecule has 9 heteroatoms. The molecule has 0 spiro atoms. The van der Waals surface area contributed by atoms with Crippen molar-refractivity contribution >= 4 is 12.0 Å². The summed E-state index contributed by atoms with van der Waals surface area (Å²) < 4.78 is 60.8. The molecule has 0 unspecified atom stereocenters. The van der Waals surface area contributed by atoms with Crippen LogP contribution in [0.5, 0.6) is 11.5 Å². The zero-order chi connectivity index (χ0) is 24.4. The highest BCUT2D eigenvalue weighted by Crippen LogP contribution is 2.30. The van der Waals surface area contributed by atoms with Crippen LogP contribution in [-0.4, -0.2) is 51.2 Å². The molecular weight excluding hydrogens is 440 g/mol. The zero-order valence-electron chi connectivity index (χ0n) is 18.8. The molecule has 33 heavy (non-hydrogen) atoms. The van der Waals surface area contributed by atoms with Gasteiger partial charge in [-0.2, -0.15) is 8.78 Å². The quantitative estimate of drug-likeness (QED) is 0.573. The van der Waals surface area contributed by atoms with Gasteiger partial charge in [0.05, 0.1) is 7.11 Å². The third-order valence-corrected chi connectivity index (χ3v) is 4.78. The van der Waals surface area contributed by atoms with E-state index < -0.39 is 24.2 Å². The largest absolute Gasteiger partial charge is 0.493 e. The van der Waals surface area contributed by atoms with E-state index in [0.717, 1.165) is 12.1 Å². The van der Waals surface area contributed by atoms with Crippen LogP contribution in [0.25, 0.3) is 6.08 Å². The number of ether oxygens (including phenoxy) is 2. The molecule has 1 N–H and O–H groups in total. The predicted octanol–water partition coefficient (Wildman–Crippen LogP) is 5.12. The second kappa shape index (κ2) is 12.8. The molecule has 0 atom stereocenters. The van der Waals surface area contributed by atoms with Crippen molar-refractivity contribution in [2.75, 3.05) is 33.8 Å². The Morgan fingerprint density at radius 3 is 2.36 bits per heavy atom. The second-order valence-electron chi connectivity index (χ2n) is 7.52. The first-order chi connectivity index (χ1) is 15.7. The molecule has 1 saturated heterocycles. The fourth-order valence-electron chi connectivity index (χ4n) is 3.21. The van der Waals surface area contributed by atoms with Crippen LogP contribution < -0.4 is 14.8 Å². The summed E-state index contributed by atoms with van der Waals surface area (Å²) in [6, 6.07) is 7.11. The summed E-state index contributed by atoms with van der Waals surface area (Å²) in [4.78, 5) is 13.9. The Morgan fingerprint density at radius 2 is 1.82 bits per heavy atom. The standard InChI is InChI=1S/C20H19F4NO3.C4H9N/c1-12(8-13-4-6-15(21)10-16(13)22)11-25(2)19(26)14-5-7-17(28-20(23)24)18(9-14)27-3;1-2-4-5-3-1/h4-10,20H,11H2,1-3H3;5H,1-4H2/b12-8+;. The Morgan fingerprint density at radius 1 is 1.12 bits per heavy atom. The first kappa shape index (κ1) is 26.2. The highest BCUT2D eigenvalue weighted by atomic mass is 19.3. The number of rotatable bonds is 7. The van der Waals surface area contributed by atoms with Crippen LogP contribution in [0.3, 0.4) is 0 Å². The van der Waals surface area contributed by atoms with Gasteiger partial charge < -0.3 is 19.7 Å². The lowest BCUT2D eigenvalue weighted by Gasteiger charge is -2.19. The van der Waals surface area contributed by atoms with Crippen molar-refractivity contribution in [3.05, 3.63) is 64.7 Å². The lowest BCUT2D eigenvalue weighted by Crippen LogP contribution is -2.28. The van der Waals surface area contributed by atoms with Gasteiger partial charge in [0.25, 0.3) is 5.91 Å². The van der Waals surface area contributed by atoms with Gasteiger partial charge in [-0.25, -0.2) is 8.78 Å². The number of carbonyl (C=O) groups is 1. The van der Waals surface area contributed by atoms with Crippen LogP contribution in [0.15, 0.2) is 42.0 Å². The van der Waals surface area contributed by atoms with Gasteiger partial charge in [0.2, 0.25) is 0 Å². The molecule has 0 radical (unpaired) electrons. The Kier molecular flexibility index (Phi) is 10.2. The molecule has 1 fully saturated rings. The van der Waals surface area contributed by atoms with Gasteiger partial charge >= 0.3 is 6.61 Å². The normalized spacial score (nSPS) is 13.4. The maximum absolute atomic E-state index is 13.7. The number of amides is 1. The minimum absolute atomic E-state index is 0.000183. The lowest BCUT2D eigenvalue weighted by atomic mass is 10.1. The molecule has 1 amide bonds. The maximum Gasteiger partial charge on any atom is 0.387 e. The average molecular weight is 468 g/mol. The van der Waals surface area contributed by atoms with Crippen molar-refractivity contribution in [1.29, 1.82) is 0 Å². The fraction of sp³-hybridized carbons (Fsp3) is 0.375. The van der Waals surface area contributed by atoms with E-state index in [-0.39, 0.29) is 29.2 Å². The van der Waals surface area contributed by atoms with Crippen molar-refractivity contribution < 1.29 is 31.8 Å². The van der Waals surface area contributed by atoms with E-state index in [4.69, 9.17) is 4.74 Å². The van der Waals surface area contributed by atoms with E-state index in [1.165, 1.54) is 75.3 Å². The smallest absolute Gasteiger partial charge is 0.387 e. The molecule has 1 aliphatic heterocycles. The highest BCUT2D eigenvalue weighted by Gasteiger charge is 2.17. The van der Waals surface area contributed by atoms with E-state index in [1.54, 1.807) is 6.92 Å². The van der Waals surface area contributed by atoms with Crippen LogP contribution in [0.2, 0.25) is 0 Å². The first-order valence-corrected chi connectivity index (χ1v) is 10.4. The molecule has 180 valence electrons. The molecule has 1 aliphatic rings. The van der Waals surface area contributed by atoms with Gasteiger partial charge in [-0.05, 0) is 63.2 Å². The number of hydrogen-bond acceptors (Lipinski definition) is 4.